The molecule has 0 radical (unpaired) electrons. The van der Waals surface area contributed by atoms with E-state index in [0.29, 0.717) is 22.3 Å². The zero-order chi connectivity index (χ0) is 15.4. The summed E-state index contributed by atoms with van der Waals surface area (Å²) in [4.78, 5) is 28.8. The summed E-state index contributed by atoms with van der Waals surface area (Å²) in [5, 5.41) is 0. The Hall–Kier alpha value is -3.07. The van der Waals surface area contributed by atoms with E-state index < -0.39 is 0 Å². The molecule has 0 aliphatic heterocycles. The van der Waals surface area contributed by atoms with Crippen molar-refractivity contribution >= 4 is 11.6 Å². The van der Waals surface area contributed by atoms with Crippen LogP contribution in [0, 0.1) is 0 Å². The summed E-state index contributed by atoms with van der Waals surface area (Å²) in [7, 11) is 0. The second-order valence-electron chi connectivity index (χ2n) is 4.85. The van der Waals surface area contributed by atoms with Crippen molar-refractivity contribution < 1.29 is 9.59 Å². The Balaban J connectivity index is 1.94. The van der Waals surface area contributed by atoms with Crippen molar-refractivity contribution in [2.24, 2.45) is 0 Å². The zero-order valence-corrected chi connectivity index (χ0v) is 11.8. The Morgan fingerprint density at radius 3 is 1.41 bits per heavy atom. The van der Waals surface area contributed by atoms with Gasteiger partial charge in [0, 0.05) is 34.6 Å². The Morgan fingerprint density at radius 2 is 1.00 bits per heavy atom. The molecule has 0 saturated heterocycles. The highest BCUT2D eigenvalue weighted by atomic mass is 16.1. The second-order valence-corrected chi connectivity index (χ2v) is 4.85. The van der Waals surface area contributed by atoms with E-state index in [2.05, 4.69) is 4.98 Å². The van der Waals surface area contributed by atoms with E-state index in [-0.39, 0.29) is 11.6 Å². The molecule has 0 saturated carbocycles. The number of benzene rings is 2. The lowest BCUT2D eigenvalue weighted by molar-refractivity contribution is 0.103. The van der Waals surface area contributed by atoms with Crippen molar-refractivity contribution in [2.75, 3.05) is 0 Å². The summed E-state index contributed by atoms with van der Waals surface area (Å²) in [6.07, 6.45) is 2.97. The number of rotatable bonds is 4. The van der Waals surface area contributed by atoms with Crippen LogP contribution in [-0.2, 0) is 0 Å². The van der Waals surface area contributed by atoms with Gasteiger partial charge in [0.2, 0.25) is 0 Å². The van der Waals surface area contributed by atoms with Crippen molar-refractivity contribution in [3.05, 3.63) is 101 Å². The third-order valence-electron chi connectivity index (χ3n) is 3.33. The van der Waals surface area contributed by atoms with Gasteiger partial charge in [-0.3, -0.25) is 14.6 Å². The van der Waals surface area contributed by atoms with Gasteiger partial charge in [-0.25, -0.2) is 0 Å². The number of ketones is 2. The summed E-state index contributed by atoms with van der Waals surface area (Å²) >= 11 is 0. The van der Waals surface area contributed by atoms with Crippen LogP contribution in [0.4, 0.5) is 0 Å². The highest BCUT2D eigenvalue weighted by Gasteiger charge is 2.14. The largest absolute Gasteiger partial charge is 0.289 e. The molecule has 3 aromatic rings. The highest BCUT2D eigenvalue weighted by Crippen LogP contribution is 2.13. The SMILES string of the molecule is O=C(c1ccccc1)c1cncc(C(=O)c2ccccc2)c1. The van der Waals surface area contributed by atoms with Gasteiger partial charge < -0.3 is 0 Å². The molecule has 0 N–H and O–H groups in total. The summed E-state index contributed by atoms with van der Waals surface area (Å²) < 4.78 is 0. The number of pyridine rings is 1. The number of hydrogen-bond acceptors (Lipinski definition) is 3. The van der Waals surface area contributed by atoms with Crippen LogP contribution in [0.3, 0.4) is 0 Å². The molecule has 22 heavy (non-hydrogen) atoms. The number of nitrogens with zero attached hydrogens (tertiary/aromatic N) is 1. The predicted octanol–water partition coefficient (Wildman–Crippen LogP) is 3.54. The van der Waals surface area contributed by atoms with E-state index in [1.54, 1.807) is 54.6 Å². The molecular weight excluding hydrogens is 274 g/mol. The van der Waals surface area contributed by atoms with Gasteiger partial charge in [-0.15, -0.1) is 0 Å². The van der Waals surface area contributed by atoms with Crippen molar-refractivity contribution in [2.45, 2.75) is 0 Å². The topological polar surface area (TPSA) is 47.0 Å². The average molecular weight is 287 g/mol. The fraction of sp³-hybridized carbons (Fsp3) is 0. The fourth-order valence-corrected chi connectivity index (χ4v) is 2.20. The zero-order valence-electron chi connectivity index (χ0n) is 11.8. The molecule has 2 aromatic carbocycles. The first-order valence-electron chi connectivity index (χ1n) is 6.90. The molecule has 0 spiro atoms. The Bertz CT molecular complexity index is 744. The number of hydrogen-bond donors (Lipinski definition) is 0. The average Bonchev–Trinajstić information content (AvgIpc) is 2.62. The van der Waals surface area contributed by atoms with Crippen LogP contribution < -0.4 is 0 Å². The Morgan fingerprint density at radius 1 is 0.591 bits per heavy atom. The quantitative estimate of drug-likeness (QED) is 0.689. The van der Waals surface area contributed by atoms with Gasteiger partial charge in [-0.05, 0) is 6.07 Å². The molecule has 106 valence electrons. The van der Waals surface area contributed by atoms with Crippen LogP contribution in [0.15, 0.2) is 79.1 Å². The van der Waals surface area contributed by atoms with Crippen LogP contribution in [0.1, 0.15) is 31.8 Å². The van der Waals surface area contributed by atoms with E-state index in [1.165, 1.54) is 12.4 Å². The summed E-state index contributed by atoms with van der Waals surface area (Å²) in [6.45, 7) is 0. The summed E-state index contributed by atoms with van der Waals surface area (Å²) in [6, 6.07) is 19.5. The first-order valence-corrected chi connectivity index (χ1v) is 6.90. The summed E-state index contributed by atoms with van der Waals surface area (Å²) in [5.74, 6) is -0.286. The maximum atomic E-state index is 12.4. The Labute approximate surface area is 128 Å². The molecule has 3 rings (SSSR count). The second kappa shape index (κ2) is 6.14. The molecule has 1 heterocycles. The standard InChI is InChI=1S/C19H13NO2/c21-18(14-7-3-1-4-8-14)16-11-17(13-20-12-16)19(22)15-9-5-2-6-10-15/h1-13H. The number of aromatic nitrogens is 1. The van der Waals surface area contributed by atoms with E-state index in [4.69, 9.17) is 0 Å². The fourth-order valence-electron chi connectivity index (χ4n) is 2.20. The van der Waals surface area contributed by atoms with Gasteiger partial charge in [-0.1, -0.05) is 60.7 Å². The minimum Gasteiger partial charge on any atom is -0.289 e. The molecule has 3 heteroatoms. The maximum absolute atomic E-state index is 12.4. The lowest BCUT2D eigenvalue weighted by Crippen LogP contribution is -2.06. The normalized spacial score (nSPS) is 10.2. The van der Waals surface area contributed by atoms with E-state index in [1.807, 2.05) is 12.1 Å². The number of carbonyl (C=O) groups excluding carboxylic acids is 2. The van der Waals surface area contributed by atoms with Gasteiger partial charge >= 0.3 is 0 Å². The van der Waals surface area contributed by atoms with Crippen LogP contribution in [0.5, 0.6) is 0 Å². The minimum atomic E-state index is -0.143. The molecule has 0 atom stereocenters. The third-order valence-corrected chi connectivity index (χ3v) is 3.33. The van der Waals surface area contributed by atoms with Gasteiger partial charge in [0.1, 0.15) is 0 Å². The molecule has 0 fully saturated rings. The number of carbonyl (C=O) groups is 2. The van der Waals surface area contributed by atoms with Gasteiger partial charge in [0.05, 0.1) is 0 Å². The van der Waals surface area contributed by atoms with E-state index in [9.17, 15) is 9.59 Å². The molecule has 1 aromatic heterocycles. The van der Waals surface area contributed by atoms with Crippen LogP contribution in [0.25, 0.3) is 0 Å². The van der Waals surface area contributed by atoms with E-state index in [0.717, 1.165) is 0 Å². The van der Waals surface area contributed by atoms with Crippen molar-refractivity contribution in [3.63, 3.8) is 0 Å². The predicted molar refractivity (Wildman–Crippen MR) is 84.0 cm³/mol. The first-order chi connectivity index (χ1) is 10.8. The van der Waals surface area contributed by atoms with Gasteiger partial charge in [0.15, 0.2) is 11.6 Å². The molecule has 0 amide bonds. The smallest absolute Gasteiger partial charge is 0.194 e. The van der Waals surface area contributed by atoms with Crippen molar-refractivity contribution in [1.82, 2.24) is 4.98 Å². The van der Waals surface area contributed by atoms with Crippen molar-refractivity contribution in [1.29, 1.82) is 0 Å². The van der Waals surface area contributed by atoms with Crippen LogP contribution in [0.2, 0.25) is 0 Å². The molecule has 0 bridgehead atoms. The lowest BCUT2D eigenvalue weighted by Gasteiger charge is -2.04. The molecule has 0 aliphatic rings. The summed E-state index contributed by atoms with van der Waals surface area (Å²) in [5.41, 5.74) is 1.98. The Kier molecular flexibility index (Phi) is 3.88. The van der Waals surface area contributed by atoms with Crippen LogP contribution in [-0.4, -0.2) is 16.6 Å². The van der Waals surface area contributed by atoms with Gasteiger partial charge in [0.25, 0.3) is 0 Å². The van der Waals surface area contributed by atoms with Crippen LogP contribution >= 0.6 is 0 Å². The third kappa shape index (κ3) is 2.83. The molecule has 3 nitrogen and oxygen atoms in total. The monoisotopic (exact) mass is 287 g/mol. The first kappa shape index (κ1) is 13.9. The highest BCUT2D eigenvalue weighted by molar-refractivity contribution is 6.12. The van der Waals surface area contributed by atoms with E-state index >= 15 is 0 Å². The molecular formula is C19H13NO2. The molecule has 0 unspecified atom stereocenters. The van der Waals surface area contributed by atoms with Gasteiger partial charge in [-0.2, -0.15) is 0 Å². The van der Waals surface area contributed by atoms with Crippen molar-refractivity contribution in [3.8, 4) is 0 Å². The lowest BCUT2D eigenvalue weighted by atomic mass is 10.00. The maximum Gasteiger partial charge on any atom is 0.194 e. The minimum absolute atomic E-state index is 0.143. The molecule has 0 aliphatic carbocycles.